The van der Waals surface area contributed by atoms with E-state index in [1.807, 2.05) is 12.3 Å². The molecule has 2 aromatic heterocycles. The lowest BCUT2D eigenvalue weighted by molar-refractivity contribution is 0.591. The van der Waals surface area contributed by atoms with E-state index in [1.165, 1.54) is 21.0 Å². The van der Waals surface area contributed by atoms with Crippen LogP contribution in [-0.4, -0.2) is 4.98 Å². The highest BCUT2D eigenvalue weighted by Crippen LogP contribution is 2.35. The number of thiophene rings is 1. The van der Waals surface area contributed by atoms with Gasteiger partial charge in [-0.25, -0.2) is 4.98 Å². The van der Waals surface area contributed by atoms with Gasteiger partial charge in [0.25, 0.3) is 0 Å². The van der Waals surface area contributed by atoms with Gasteiger partial charge in [-0.1, -0.05) is 26.8 Å². The quantitative estimate of drug-likeness (QED) is 0.553. The molecule has 0 amide bonds. The molecule has 3 aromatic rings. The van der Waals surface area contributed by atoms with Crippen molar-refractivity contribution < 1.29 is 0 Å². The average molecular weight is 241 g/mol. The van der Waals surface area contributed by atoms with E-state index in [2.05, 4.69) is 50.0 Å². The molecular weight excluding hydrogens is 226 g/mol. The SMILES string of the molecule is CC(C)(C)c1ccc2sc3ncccc3c2c1. The van der Waals surface area contributed by atoms with E-state index in [1.54, 1.807) is 11.3 Å². The predicted octanol–water partition coefficient (Wildman–Crippen LogP) is 4.75. The minimum absolute atomic E-state index is 0.199. The molecule has 0 saturated heterocycles. The van der Waals surface area contributed by atoms with E-state index in [0.29, 0.717) is 0 Å². The molecule has 0 fully saturated rings. The van der Waals surface area contributed by atoms with Crippen LogP contribution in [0.4, 0.5) is 0 Å². The Morgan fingerprint density at radius 2 is 1.88 bits per heavy atom. The Bertz CT molecular complexity index is 689. The largest absolute Gasteiger partial charge is 0.245 e. The Hall–Kier alpha value is -1.41. The summed E-state index contributed by atoms with van der Waals surface area (Å²) in [6.45, 7) is 6.75. The standard InChI is InChI=1S/C15H15NS/c1-15(2,3)10-6-7-13-12(9-10)11-5-4-8-16-14(11)17-13/h4-9H,1-3H3. The van der Waals surface area contributed by atoms with Crippen LogP contribution in [-0.2, 0) is 5.41 Å². The molecule has 0 bridgehead atoms. The van der Waals surface area contributed by atoms with Gasteiger partial charge in [0, 0.05) is 21.7 Å². The van der Waals surface area contributed by atoms with Gasteiger partial charge < -0.3 is 0 Å². The third-order valence-corrected chi connectivity index (χ3v) is 4.21. The number of hydrogen-bond donors (Lipinski definition) is 0. The molecule has 17 heavy (non-hydrogen) atoms. The summed E-state index contributed by atoms with van der Waals surface area (Å²) in [4.78, 5) is 5.56. The van der Waals surface area contributed by atoms with Crippen LogP contribution in [0.2, 0.25) is 0 Å². The van der Waals surface area contributed by atoms with Crippen LogP contribution < -0.4 is 0 Å². The summed E-state index contributed by atoms with van der Waals surface area (Å²) < 4.78 is 1.33. The van der Waals surface area contributed by atoms with Crippen LogP contribution in [0.1, 0.15) is 26.3 Å². The van der Waals surface area contributed by atoms with Crippen molar-refractivity contribution in [3.05, 3.63) is 42.1 Å². The maximum Gasteiger partial charge on any atom is 0.124 e. The van der Waals surface area contributed by atoms with Crippen molar-refractivity contribution in [2.45, 2.75) is 26.2 Å². The Labute approximate surface area is 105 Å². The molecule has 0 saturated carbocycles. The first kappa shape index (κ1) is 10.7. The zero-order chi connectivity index (χ0) is 12.0. The lowest BCUT2D eigenvalue weighted by atomic mass is 9.86. The highest BCUT2D eigenvalue weighted by atomic mass is 32.1. The zero-order valence-corrected chi connectivity index (χ0v) is 11.1. The number of fused-ring (bicyclic) bond motifs is 3. The van der Waals surface area contributed by atoms with E-state index in [-0.39, 0.29) is 5.41 Å². The third kappa shape index (κ3) is 1.73. The first-order chi connectivity index (χ1) is 8.05. The van der Waals surface area contributed by atoms with Crippen LogP contribution in [0.5, 0.6) is 0 Å². The summed E-state index contributed by atoms with van der Waals surface area (Å²) in [5, 5.41) is 2.61. The molecule has 0 unspecified atom stereocenters. The number of pyridine rings is 1. The maximum absolute atomic E-state index is 4.43. The average Bonchev–Trinajstić information content (AvgIpc) is 2.65. The van der Waals surface area contributed by atoms with Crippen LogP contribution in [0.25, 0.3) is 20.3 Å². The Balaban J connectivity index is 2.38. The van der Waals surface area contributed by atoms with Gasteiger partial charge in [-0.3, -0.25) is 0 Å². The molecule has 0 atom stereocenters. The van der Waals surface area contributed by atoms with Crippen LogP contribution in [0.3, 0.4) is 0 Å². The molecule has 0 aliphatic carbocycles. The molecule has 1 aromatic carbocycles. The van der Waals surface area contributed by atoms with Gasteiger partial charge >= 0.3 is 0 Å². The second-order valence-electron chi connectivity index (χ2n) is 5.42. The van der Waals surface area contributed by atoms with E-state index < -0.39 is 0 Å². The number of rotatable bonds is 0. The molecule has 1 nitrogen and oxygen atoms in total. The highest BCUT2D eigenvalue weighted by Gasteiger charge is 2.15. The second-order valence-corrected chi connectivity index (χ2v) is 6.45. The van der Waals surface area contributed by atoms with E-state index in [4.69, 9.17) is 0 Å². The first-order valence-corrected chi connectivity index (χ1v) is 6.65. The number of aromatic nitrogens is 1. The van der Waals surface area contributed by atoms with Crippen LogP contribution in [0.15, 0.2) is 36.5 Å². The summed E-state index contributed by atoms with van der Waals surface area (Å²) >= 11 is 1.77. The summed E-state index contributed by atoms with van der Waals surface area (Å²) in [6, 6.07) is 10.9. The lowest BCUT2D eigenvalue weighted by Gasteiger charge is -2.18. The van der Waals surface area contributed by atoms with Crippen molar-refractivity contribution in [2.24, 2.45) is 0 Å². The second kappa shape index (κ2) is 3.54. The monoisotopic (exact) mass is 241 g/mol. The Kier molecular flexibility index (Phi) is 2.23. The van der Waals surface area contributed by atoms with Gasteiger partial charge in [0.05, 0.1) is 0 Å². The van der Waals surface area contributed by atoms with Gasteiger partial charge in [-0.2, -0.15) is 0 Å². The van der Waals surface area contributed by atoms with Crippen molar-refractivity contribution >= 4 is 31.6 Å². The van der Waals surface area contributed by atoms with Crippen molar-refractivity contribution in [1.29, 1.82) is 0 Å². The smallest absolute Gasteiger partial charge is 0.124 e. The lowest BCUT2D eigenvalue weighted by Crippen LogP contribution is -2.10. The number of hydrogen-bond acceptors (Lipinski definition) is 2. The van der Waals surface area contributed by atoms with Crippen LogP contribution in [0, 0.1) is 0 Å². The van der Waals surface area contributed by atoms with Gasteiger partial charge in [0.1, 0.15) is 4.83 Å². The van der Waals surface area contributed by atoms with E-state index >= 15 is 0 Å². The van der Waals surface area contributed by atoms with Crippen molar-refractivity contribution in [2.75, 3.05) is 0 Å². The normalized spacial score (nSPS) is 12.4. The van der Waals surface area contributed by atoms with Gasteiger partial charge in [0.2, 0.25) is 0 Å². The molecule has 0 aliphatic heterocycles. The van der Waals surface area contributed by atoms with E-state index in [0.717, 1.165) is 4.83 Å². The van der Waals surface area contributed by atoms with Gasteiger partial charge in [-0.15, -0.1) is 11.3 Å². The molecule has 0 radical (unpaired) electrons. The molecule has 86 valence electrons. The Morgan fingerprint density at radius 3 is 2.65 bits per heavy atom. The van der Waals surface area contributed by atoms with Gasteiger partial charge in [0.15, 0.2) is 0 Å². The third-order valence-electron chi connectivity index (χ3n) is 3.11. The number of benzene rings is 1. The molecule has 0 aliphatic rings. The van der Waals surface area contributed by atoms with Crippen molar-refractivity contribution in [3.8, 4) is 0 Å². The molecular formula is C15H15NS. The fraction of sp³-hybridized carbons (Fsp3) is 0.267. The summed E-state index contributed by atoms with van der Waals surface area (Å²) in [5.74, 6) is 0. The van der Waals surface area contributed by atoms with Crippen molar-refractivity contribution in [3.63, 3.8) is 0 Å². The minimum Gasteiger partial charge on any atom is -0.245 e. The molecule has 0 N–H and O–H groups in total. The predicted molar refractivity (Wildman–Crippen MR) is 75.8 cm³/mol. The van der Waals surface area contributed by atoms with Crippen LogP contribution >= 0.6 is 11.3 Å². The fourth-order valence-corrected chi connectivity index (χ4v) is 3.10. The minimum atomic E-state index is 0.199. The van der Waals surface area contributed by atoms with E-state index in [9.17, 15) is 0 Å². The topological polar surface area (TPSA) is 12.9 Å². The van der Waals surface area contributed by atoms with Gasteiger partial charge in [-0.05, 0) is 35.2 Å². The number of nitrogens with zero attached hydrogens (tertiary/aromatic N) is 1. The summed E-state index contributed by atoms with van der Waals surface area (Å²) in [7, 11) is 0. The fourth-order valence-electron chi connectivity index (χ4n) is 2.08. The zero-order valence-electron chi connectivity index (χ0n) is 10.3. The first-order valence-electron chi connectivity index (χ1n) is 5.83. The molecule has 3 rings (SSSR count). The summed E-state index contributed by atoms with van der Waals surface area (Å²) in [6.07, 6.45) is 1.86. The molecule has 2 heterocycles. The summed E-state index contributed by atoms with van der Waals surface area (Å²) in [5.41, 5.74) is 1.58. The maximum atomic E-state index is 4.43. The van der Waals surface area contributed by atoms with Crippen molar-refractivity contribution in [1.82, 2.24) is 4.98 Å². The highest BCUT2D eigenvalue weighted by molar-refractivity contribution is 7.25. The molecule has 0 spiro atoms. The Morgan fingerprint density at radius 1 is 1.06 bits per heavy atom. The molecule has 2 heteroatoms.